The van der Waals surface area contributed by atoms with E-state index in [1.165, 1.54) is 0 Å². The van der Waals surface area contributed by atoms with Gasteiger partial charge in [-0.25, -0.2) is 0 Å². The van der Waals surface area contributed by atoms with E-state index >= 15 is 0 Å². The molecule has 1 atom stereocenters. The number of amides is 1. The molecule has 0 aliphatic carbocycles. The molecule has 0 aliphatic rings. The molecular formula is C16H26N2O3. The Balaban J connectivity index is 2.69. The number of benzene rings is 1. The molecule has 1 amide bonds. The van der Waals surface area contributed by atoms with Gasteiger partial charge in [0.25, 0.3) is 0 Å². The highest BCUT2D eigenvalue weighted by Crippen LogP contribution is 2.22. The summed E-state index contributed by atoms with van der Waals surface area (Å²) in [6.45, 7) is 5.82. The van der Waals surface area contributed by atoms with E-state index in [2.05, 4.69) is 10.6 Å². The molecular weight excluding hydrogens is 268 g/mol. The zero-order chi connectivity index (χ0) is 15.9. The number of methoxy groups -OCH3 is 1. The summed E-state index contributed by atoms with van der Waals surface area (Å²) in [6, 6.07) is 7.79. The Kier molecular flexibility index (Phi) is 6.65. The van der Waals surface area contributed by atoms with Crippen LogP contribution in [-0.2, 0) is 11.2 Å². The van der Waals surface area contributed by atoms with Crippen LogP contribution in [0.5, 0.6) is 5.75 Å². The largest absolute Gasteiger partial charge is 0.496 e. The zero-order valence-corrected chi connectivity index (χ0v) is 13.3. The SMILES string of the molecule is COc1ccccc1C[C@](C)(CO)NCC(=O)NC(C)C. The van der Waals surface area contributed by atoms with Gasteiger partial charge in [0.2, 0.25) is 5.91 Å². The van der Waals surface area contributed by atoms with Crippen LogP contribution in [0.1, 0.15) is 26.3 Å². The average Bonchev–Trinajstić information content (AvgIpc) is 2.45. The number of para-hydroxylation sites is 1. The van der Waals surface area contributed by atoms with Gasteiger partial charge in [-0.1, -0.05) is 18.2 Å². The first-order valence-electron chi connectivity index (χ1n) is 7.17. The first-order chi connectivity index (χ1) is 9.90. The molecule has 21 heavy (non-hydrogen) atoms. The highest BCUT2D eigenvalue weighted by atomic mass is 16.5. The number of aliphatic hydroxyl groups excluding tert-OH is 1. The van der Waals surface area contributed by atoms with Gasteiger partial charge in [-0.3, -0.25) is 4.79 Å². The van der Waals surface area contributed by atoms with Crippen molar-refractivity contribution in [1.82, 2.24) is 10.6 Å². The number of hydrogen-bond donors (Lipinski definition) is 3. The fourth-order valence-corrected chi connectivity index (χ4v) is 2.11. The van der Waals surface area contributed by atoms with Gasteiger partial charge in [0.15, 0.2) is 0 Å². The van der Waals surface area contributed by atoms with Crippen molar-refractivity contribution in [2.24, 2.45) is 0 Å². The Morgan fingerprint density at radius 1 is 1.38 bits per heavy atom. The summed E-state index contributed by atoms with van der Waals surface area (Å²) in [5.74, 6) is 0.704. The molecule has 0 aromatic heterocycles. The highest BCUT2D eigenvalue weighted by Gasteiger charge is 2.25. The minimum absolute atomic E-state index is 0.0694. The minimum atomic E-state index is -0.580. The molecule has 0 saturated heterocycles. The maximum atomic E-state index is 11.7. The van der Waals surface area contributed by atoms with Gasteiger partial charge in [0, 0.05) is 11.6 Å². The van der Waals surface area contributed by atoms with Crippen LogP contribution in [-0.4, -0.2) is 42.9 Å². The van der Waals surface area contributed by atoms with Crippen LogP contribution in [0.4, 0.5) is 0 Å². The van der Waals surface area contributed by atoms with Gasteiger partial charge < -0.3 is 20.5 Å². The smallest absolute Gasteiger partial charge is 0.234 e. The maximum absolute atomic E-state index is 11.7. The minimum Gasteiger partial charge on any atom is -0.496 e. The quantitative estimate of drug-likeness (QED) is 0.671. The monoisotopic (exact) mass is 294 g/mol. The number of rotatable bonds is 8. The van der Waals surface area contributed by atoms with Crippen molar-refractivity contribution in [2.75, 3.05) is 20.3 Å². The van der Waals surface area contributed by atoms with Crippen molar-refractivity contribution in [3.05, 3.63) is 29.8 Å². The normalized spacial score (nSPS) is 13.8. The number of aliphatic hydroxyl groups is 1. The highest BCUT2D eigenvalue weighted by molar-refractivity contribution is 5.78. The van der Waals surface area contributed by atoms with E-state index in [1.807, 2.05) is 45.0 Å². The van der Waals surface area contributed by atoms with Crippen molar-refractivity contribution in [1.29, 1.82) is 0 Å². The summed E-state index contributed by atoms with van der Waals surface area (Å²) in [5.41, 5.74) is 0.413. The number of hydrogen-bond acceptors (Lipinski definition) is 4. The van der Waals surface area contributed by atoms with Crippen LogP contribution < -0.4 is 15.4 Å². The van der Waals surface area contributed by atoms with E-state index in [-0.39, 0.29) is 25.1 Å². The third-order valence-electron chi connectivity index (χ3n) is 3.25. The molecule has 1 aromatic rings. The Morgan fingerprint density at radius 2 is 2.05 bits per heavy atom. The second kappa shape index (κ2) is 8.00. The lowest BCUT2D eigenvalue weighted by Gasteiger charge is -2.29. The van der Waals surface area contributed by atoms with E-state index in [9.17, 15) is 9.90 Å². The third-order valence-corrected chi connectivity index (χ3v) is 3.25. The molecule has 1 aromatic carbocycles. The number of carbonyl (C=O) groups is 1. The van der Waals surface area contributed by atoms with Crippen LogP contribution in [0.3, 0.4) is 0 Å². The van der Waals surface area contributed by atoms with Crippen molar-refractivity contribution < 1.29 is 14.6 Å². The first-order valence-corrected chi connectivity index (χ1v) is 7.17. The van der Waals surface area contributed by atoms with Crippen LogP contribution >= 0.6 is 0 Å². The Morgan fingerprint density at radius 3 is 2.62 bits per heavy atom. The molecule has 0 fully saturated rings. The molecule has 118 valence electrons. The first kappa shape index (κ1) is 17.5. The lowest BCUT2D eigenvalue weighted by molar-refractivity contribution is -0.121. The van der Waals surface area contributed by atoms with E-state index < -0.39 is 5.54 Å². The molecule has 0 spiro atoms. The second-order valence-electron chi connectivity index (χ2n) is 5.78. The lowest BCUT2D eigenvalue weighted by atomic mass is 9.93. The van der Waals surface area contributed by atoms with Crippen molar-refractivity contribution in [3.63, 3.8) is 0 Å². The molecule has 0 saturated carbocycles. The van der Waals surface area contributed by atoms with Crippen LogP contribution in [0.2, 0.25) is 0 Å². The van der Waals surface area contributed by atoms with E-state index in [4.69, 9.17) is 4.74 Å². The number of ether oxygens (including phenoxy) is 1. The standard InChI is InChI=1S/C16H26N2O3/c1-12(2)18-15(20)10-17-16(3,11-19)9-13-7-5-6-8-14(13)21-4/h5-8,12,17,19H,9-11H2,1-4H3,(H,18,20)/t16-/m1/s1. The topological polar surface area (TPSA) is 70.6 Å². The molecule has 5 heteroatoms. The van der Waals surface area contributed by atoms with Gasteiger partial charge in [-0.05, 0) is 38.8 Å². The summed E-state index contributed by atoms with van der Waals surface area (Å²) < 4.78 is 5.33. The van der Waals surface area contributed by atoms with Crippen molar-refractivity contribution in [2.45, 2.75) is 38.8 Å². The Hall–Kier alpha value is -1.59. The number of nitrogens with one attached hydrogen (secondary N) is 2. The van der Waals surface area contributed by atoms with Crippen molar-refractivity contribution >= 4 is 5.91 Å². The molecule has 3 N–H and O–H groups in total. The van der Waals surface area contributed by atoms with Crippen LogP contribution in [0.15, 0.2) is 24.3 Å². The average molecular weight is 294 g/mol. The van der Waals surface area contributed by atoms with Crippen molar-refractivity contribution in [3.8, 4) is 5.75 Å². The van der Waals surface area contributed by atoms with E-state index in [1.54, 1.807) is 7.11 Å². The molecule has 0 radical (unpaired) electrons. The molecule has 0 unspecified atom stereocenters. The Labute approximate surface area is 126 Å². The summed E-state index contributed by atoms with van der Waals surface area (Å²) in [5, 5.41) is 15.6. The Bertz CT molecular complexity index is 463. The van der Waals surface area contributed by atoms with E-state index in [0.717, 1.165) is 11.3 Å². The molecule has 1 rings (SSSR count). The molecule has 0 aliphatic heterocycles. The van der Waals surface area contributed by atoms with Gasteiger partial charge in [0.1, 0.15) is 5.75 Å². The molecule has 5 nitrogen and oxygen atoms in total. The second-order valence-corrected chi connectivity index (χ2v) is 5.78. The number of carbonyl (C=O) groups excluding carboxylic acids is 1. The molecule has 0 bridgehead atoms. The zero-order valence-electron chi connectivity index (χ0n) is 13.3. The summed E-state index contributed by atoms with van der Waals surface area (Å²) >= 11 is 0. The van der Waals surface area contributed by atoms with Gasteiger partial charge in [-0.15, -0.1) is 0 Å². The van der Waals surface area contributed by atoms with Gasteiger partial charge in [-0.2, -0.15) is 0 Å². The predicted molar refractivity (Wildman–Crippen MR) is 83.5 cm³/mol. The summed E-state index contributed by atoms with van der Waals surface area (Å²) in [7, 11) is 1.62. The van der Waals surface area contributed by atoms with E-state index in [0.29, 0.717) is 6.42 Å². The summed E-state index contributed by atoms with van der Waals surface area (Å²) in [6.07, 6.45) is 0.572. The maximum Gasteiger partial charge on any atom is 0.234 e. The predicted octanol–water partition coefficient (Wildman–Crippen LogP) is 1.10. The fourth-order valence-electron chi connectivity index (χ4n) is 2.11. The molecule has 0 heterocycles. The van der Waals surface area contributed by atoms with Gasteiger partial charge >= 0.3 is 0 Å². The third kappa shape index (κ3) is 5.73. The van der Waals surface area contributed by atoms with Crippen LogP contribution in [0.25, 0.3) is 0 Å². The summed E-state index contributed by atoms with van der Waals surface area (Å²) in [4.78, 5) is 11.7. The van der Waals surface area contributed by atoms with Crippen LogP contribution in [0, 0.1) is 0 Å². The van der Waals surface area contributed by atoms with Gasteiger partial charge in [0.05, 0.1) is 20.3 Å². The fraction of sp³-hybridized carbons (Fsp3) is 0.562. The lowest BCUT2D eigenvalue weighted by Crippen LogP contribution is -2.51.